The molecule has 0 amide bonds. The second kappa shape index (κ2) is 4.65. The Morgan fingerprint density at radius 1 is 1.56 bits per heavy atom. The van der Waals surface area contributed by atoms with Gasteiger partial charge in [0.15, 0.2) is 5.76 Å². The van der Waals surface area contributed by atoms with Crippen molar-refractivity contribution in [3.05, 3.63) is 29.4 Å². The van der Waals surface area contributed by atoms with Crippen LogP contribution in [0.25, 0.3) is 0 Å². The minimum atomic E-state index is -0.0785. The average molecular weight is 241 g/mol. The van der Waals surface area contributed by atoms with Crippen LogP contribution < -0.4 is 0 Å². The molecule has 2 heterocycles. The van der Waals surface area contributed by atoms with Crippen molar-refractivity contribution in [1.29, 1.82) is 0 Å². The lowest BCUT2D eigenvalue weighted by molar-refractivity contribution is 0.367. The highest BCUT2D eigenvalue weighted by molar-refractivity contribution is 6.20. The Balaban J connectivity index is 2.08. The maximum Gasteiger partial charge on any atom is 0.158 e. The van der Waals surface area contributed by atoms with Crippen molar-refractivity contribution < 1.29 is 4.52 Å². The Hall–Kier alpha value is -1.36. The molecule has 0 saturated heterocycles. The molecule has 5 nitrogen and oxygen atoms in total. The number of hydrogen-bond acceptors (Lipinski definition) is 4. The summed E-state index contributed by atoms with van der Waals surface area (Å²) in [7, 11) is 0. The molecule has 0 aliphatic rings. The van der Waals surface area contributed by atoms with E-state index in [4.69, 9.17) is 16.1 Å². The van der Waals surface area contributed by atoms with Gasteiger partial charge in [-0.3, -0.25) is 0 Å². The predicted molar refractivity (Wildman–Crippen MR) is 59.2 cm³/mol. The van der Waals surface area contributed by atoms with Gasteiger partial charge in [-0.15, -0.1) is 16.7 Å². The summed E-state index contributed by atoms with van der Waals surface area (Å²) in [4.78, 5) is 0. The Morgan fingerprint density at radius 3 is 3.00 bits per heavy atom. The summed E-state index contributed by atoms with van der Waals surface area (Å²) in [6.07, 6.45) is 2.67. The van der Waals surface area contributed by atoms with E-state index in [-0.39, 0.29) is 5.38 Å². The van der Waals surface area contributed by atoms with Crippen LogP contribution in [0.2, 0.25) is 0 Å². The molecule has 86 valence electrons. The Labute approximate surface area is 98.4 Å². The third-order valence-corrected chi connectivity index (χ3v) is 2.76. The van der Waals surface area contributed by atoms with Crippen LogP contribution >= 0.6 is 11.6 Å². The van der Waals surface area contributed by atoms with Gasteiger partial charge in [-0.2, -0.15) is 0 Å². The fourth-order valence-electron chi connectivity index (χ4n) is 1.39. The molecule has 0 aliphatic heterocycles. The van der Waals surface area contributed by atoms with Crippen molar-refractivity contribution in [2.45, 2.75) is 32.2 Å². The van der Waals surface area contributed by atoms with Crippen LogP contribution in [0, 0.1) is 6.92 Å². The van der Waals surface area contributed by atoms with Crippen LogP contribution in [0.4, 0.5) is 0 Å². The van der Waals surface area contributed by atoms with Gasteiger partial charge < -0.3 is 4.52 Å². The number of nitrogens with zero attached hydrogens (tertiary/aromatic N) is 4. The SMILES string of the molecule is CCC(Cl)c1cn(Cc2cc(C)no2)nn1. The Bertz CT molecular complexity index is 465. The van der Waals surface area contributed by atoms with Crippen molar-refractivity contribution in [1.82, 2.24) is 20.2 Å². The number of aromatic nitrogens is 4. The normalized spacial score (nSPS) is 12.9. The highest BCUT2D eigenvalue weighted by Crippen LogP contribution is 2.20. The lowest BCUT2D eigenvalue weighted by Gasteiger charge is -1.98. The highest BCUT2D eigenvalue weighted by atomic mass is 35.5. The van der Waals surface area contributed by atoms with E-state index in [0.717, 1.165) is 23.6 Å². The van der Waals surface area contributed by atoms with E-state index in [9.17, 15) is 0 Å². The molecule has 0 aliphatic carbocycles. The average Bonchev–Trinajstić information content (AvgIpc) is 2.87. The van der Waals surface area contributed by atoms with E-state index in [0.29, 0.717) is 6.54 Å². The standard InChI is InChI=1S/C10H13ClN4O/c1-3-9(11)10-6-15(14-12-10)5-8-4-7(2)13-16-8/h4,6,9H,3,5H2,1-2H3. The summed E-state index contributed by atoms with van der Waals surface area (Å²) in [5.41, 5.74) is 1.65. The molecule has 0 saturated carbocycles. The summed E-state index contributed by atoms with van der Waals surface area (Å²) >= 11 is 6.06. The lowest BCUT2D eigenvalue weighted by atomic mass is 10.3. The molecule has 6 heteroatoms. The summed E-state index contributed by atoms with van der Waals surface area (Å²) in [5.74, 6) is 0.761. The first-order chi connectivity index (χ1) is 7.69. The maximum absolute atomic E-state index is 6.06. The van der Waals surface area contributed by atoms with E-state index in [1.807, 2.05) is 26.1 Å². The third-order valence-electron chi connectivity index (χ3n) is 2.23. The van der Waals surface area contributed by atoms with Crippen LogP contribution in [0.15, 0.2) is 16.8 Å². The zero-order valence-electron chi connectivity index (χ0n) is 9.22. The molecule has 0 N–H and O–H groups in total. The number of halogens is 1. The lowest BCUT2D eigenvalue weighted by Crippen LogP contribution is -1.99. The van der Waals surface area contributed by atoms with Crippen molar-refractivity contribution in [2.75, 3.05) is 0 Å². The van der Waals surface area contributed by atoms with E-state index in [2.05, 4.69) is 15.5 Å². The Kier molecular flexibility index (Phi) is 3.24. The first-order valence-corrected chi connectivity index (χ1v) is 5.59. The molecule has 1 atom stereocenters. The van der Waals surface area contributed by atoms with Gasteiger partial charge in [0.2, 0.25) is 0 Å². The molecule has 2 rings (SSSR count). The van der Waals surface area contributed by atoms with Gasteiger partial charge in [0.1, 0.15) is 12.2 Å². The van der Waals surface area contributed by atoms with Crippen LogP contribution in [0.3, 0.4) is 0 Å². The number of aryl methyl sites for hydroxylation is 1. The van der Waals surface area contributed by atoms with E-state index in [1.165, 1.54) is 0 Å². The van der Waals surface area contributed by atoms with Crippen LogP contribution in [0.5, 0.6) is 0 Å². The van der Waals surface area contributed by atoms with Gasteiger partial charge >= 0.3 is 0 Å². The number of rotatable bonds is 4. The smallest absolute Gasteiger partial charge is 0.158 e. The predicted octanol–water partition coefficient (Wildman–Crippen LogP) is 2.31. The van der Waals surface area contributed by atoms with E-state index in [1.54, 1.807) is 4.68 Å². The van der Waals surface area contributed by atoms with Crippen LogP contribution in [0.1, 0.15) is 35.9 Å². The van der Waals surface area contributed by atoms with Gasteiger partial charge in [0, 0.05) is 6.07 Å². The Morgan fingerprint density at radius 2 is 2.38 bits per heavy atom. The second-order valence-electron chi connectivity index (χ2n) is 3.65. The molecule has 2 aromatic heterocycles. The summed E-state index contributed by atoms with van der Waals surface area (Å²) in [5, 5.41) is 11.7. The summed E-state index contributed by atoms with van der Waals surface area (Å²) in [6.45, 7) is 4.42. The third kappa shape index (κ3) is 2.41. The minimum absolute atomic E-state index is 0.0785. The molecule has 16 heavy (non-hydrogen) atoms. The quantitative estimate of drug-likeness (QED) is 0.770. The van der Waals surface area contributed by atoms with Gasteiger partial charge in [-0.05, 0) is 13.3 Å². The number of alkyl halides is 1. The van der Waals surface area contributed by atoms with Crippen molar-refractivity contribution in [3.8, 4) is 0 Å². The van der Waals surface area contributed by atoms with Gasteiger partial charge in [-0.1, -0.05) is 17.3 Å². The summed E-state index contributed by atoms with van der Waals surface area (Å²) in [6, 6.07) is 1.87. The highest BCUT2D eigenvalue weighted by Gasteiger charge is 2.11. The molecular weight excluding hydrogens is 228 g/mol. The fraction of sp³-hybridized carbons (Fsp3) is 0.500. The largest absolute Gasteiger partial charge is 0.359 e. The van der Waals surface area contributed by atoms with Crippen LogP contribution in [-0.4, -0.2) is 20.2 Å². The second-order valence-corrected chi connectivity index (χ2v) is 4.18. The van der Waals surface area contributed by atoms with E-state index >= 15 is 0 Å². The molecule has 2 aromatic rings. The van der Waals surface area contributed by atoms with Crippen molar-refractivity contribution in [2.24, 2.45) is 0 Å². The molecule has 0 fully saturated rings. The van der Waals surface area contributed by atoms with Crippen molar-refractivity contribution >= 4 is 11.6 Å². The summed E-state index contributed by atoms with van der Waals surface area (Å²) < 4.78 is 6.79. The van der Waals surface area contributed by atoms with Crippen molar-refractivity contribution in [3.63, 3.8) is 0 Å². The molecule has 0 radical (unpaired) electrons. The molecule has 0 bridgehead atoms. The fourth-order valence-corrected chi connectivity index (χ4v) is 1.49. The topological polar surface area (TPSA) is 56.7 Å². The van der Waals surface area contributed by atoms with Crippen LogP contribution in [-0.2, 0) is 6.54 Å². The molecule has 0 aromatic carbocycles. The molecular formula is C10H13ClN4O. The molecule has 0 spiro atoms. The molecule has 1 unspecified atom stereocenters. The van der Waals surface area contributed by atoms with Gasteiger partial charge in [-0.25, -0.2) is 4.68 Å². The minimum Gasteiger partial charge on any atom is -0.359 e. The van der Waals surface area contributed by atoms with Gasteiger partial charge in [0.25, 0.3) is 0 Å². The first kappa shape index (κ1) is 11.1. The number of hydrogen-bond donors (Lipinski definition) is 0. The maximum atomic E-state index is 6.06. The monoisotopic (exact) mass is 240 g/mol. The first-order valence-electron chi connectivity index (χ1n) is 5.15. The zero-order chi connectivity index (χ0) is 11.5. The zero-order valence-corrected chi connectivity index (χ0v) is 9.98. The van der Waals surface area contributed by atoms with E-state index < -0.39 is 0 Å². The van der Waals surface area contributed by atoms with Gasteiger partial charge in [0.05, 0.1) is 17.3 Å².